The number of hydrogen-bond acceptors (Lipinski definition) is 4. The van der Waals surface area contributed by atoms with Gasteiger partial charge in [-0.1, -0.05) is 0 Å². The number of thiol groups is 1. The molecule has 0 aliphatic carbocycles. The topological polar surface area (TPSA) is 64.3 Å². The van der Waals surface area contributed by atoms with Gasteiger partial charge in [-0.2, -0.15) is 0 Å². The lowest BCUT2D eigenvalue weighted by Gasteiger charge is -2.01. The molecule has 0 atom stereocenters. The van der Waals surface area contributed by atoms with Gasteiger partial charge in [0.05, 0.1) is 5.56 Å². The van der Waals surface area contributed by atoms with Gasteiger partial charge >= 0.3 is 11.3 Å². The van der Waals surface area contributed by atoms with E-state index in [1.807, 2.05) is 0 Å². The molecule has 2 bridgehead atoms. The van der Waals surface area contributed by atoms with Gasteiger partial charge < -0.3 is 4.42 Å². The molecule has 3 aromatic rings. The van der Waals surface area contributed by atoms with Gasteiger partial charge in [0.25, 0.3) is 0 Å². The van der Waals surface area contributed by atoms with E-state index in [1.54, 1.807) is 0 Å². The molecule has 1 aromatic carbocycles. The number of carbonyl (C=O) groups is 1. The zero-order valence-electron chi connectivity index (χ0n) is 7.71. The third kappa shape index (κ3) is 1.44. The molecular weight excluding hydrogens is 261 g/mol. The summed E-state index contributed by atoms with van der Waals surface area (Å²) in [5.41, 5.74) is -4.44. The Labute approximate surface area is 95.4 Å². The molecule has 0 radical (unpaired) electrons. The monoisotopic (exact) mass is 262 g/mol. The van der Waals surface area contributed by atoms with Gasteiger partial charge in [0, 0.05) is 0 Å². The number of benzene rings is 1. The van der Waals surface area contributed by atoms with Crippen LogP contribution in [0.5, 0.6) is 0 Å². The molecule has 0 fully saturated rings. The Bertz CT molecular complexity index is 752. The van der Waals surface area contributed by atoms with Crippen molar-refractivity contribution in [2.24, 2.45) is 0 Å². The van der Waals surface area contributed by atoms with E-state index >= 15 is 0 Å². The van der Waals surface area contributed by atoms with E-state index in [-0.39, 0.29) is 0 Å². The highest BCUT2D eigenvalue weighted by Crippen LogP contribution is 2.25. The van der Waals surface area contributed by atoms with Gasteiger partial charge in [0.15, 0.2) is 17.5 Å². The fourth-order valence-electron chi connectivity index (χ4n) is 1.42. The molecule has 0 saturated carbocycles. The van der Waals surface area contributed by atoms with E-state index < -0.39 is 50.2 Å². The van der Waals surface area contributed by atoms with E-state index in [0.29, 0.717) is 0 Å². The first-order valence-corrected chi connectivity index (χ1v) is 4.51. The van der Waals surface area contributed by atoms with Gasteiger partial charge in [-0.05, 0) is 0 Å². The third-order valence-electron chi connectivity index (χ3n) is 2.13. The van der Waals surface area contributed by atoms with Crippen molar-refractivity contribution < 1.29 is 22.4 Å². The normalized spacial score (nSPS) is 11.1. The Hall–Kier alpha value is -1.83. The predicted octanol–water partition coefficient (Wildman–Crippen LogP) is 1.08. The number of halogens is 3. The van der Waals surface area contributed by atoms with Crippen LogP contribution in [0.25, 0.3) is 10.8 Å². The second-order valence-electron chi connectivity index (χ2n) is 3.05. The van der Waals surface area contributed by atoms with Crippen LogP contribution in [0, 0.1) is 17.5 Å². The van der Waals surface area contributed by atoms with E-state index in [2.05, 4.69) is 17.0 Å². The smallest absolute Gasteiger partial charge is 0.352 e. The molecule has 0 aliphatic heterocycles. The van der Waals surface area contributed by atoms with Crippen LogP contribution in [-0.2, 0) is 0 Å². The van der Waals surface area contributed by atoms with E-state index in [9.17, 15) is 27.6 Å². The summed E-state index contributed by atoms with van der Waals surface area (Å²) >= 11 is 3.22. The van der Waals surface area contributed by atoms with Crippen LogP contribution >= 0.6 is 12.6 Å². The molecule has 0 amide bonds. The quantitative estimate of drug-likeness (QED) is 0.617. The third-order valence-corrected chi connectivity index (χ3v) is 2.35. The van der Waals surface area contributed by atoms with Crippen molar-refractivity contribution in [1.82, 2.24) is 0 Å². The minimum atomic E-state index is -1.87. The first kappa shape index (κ1) is 11.6. The SMILES string of the molecule is O=C(S)c1c(F)c2c(F)c(F)c1c(=O)oc2=O. The van der Waals surface area contributed by atoms with Crippen molar-refractivity contribution in [3.8, 4) is 0 Å². The summed E-state index contributed by atoms with van der Waals surface area (Å²) < 4.78 is 44.1. The molecule has 2 heterocycles. The van der Waals surface area contributed by atoms with Gasteiger partial charge in [-0.15, -0.1) is 12.6 Å². The number of carbonyl (C=O) groups excluding carboxylic acids is 1. The lowest BCUT2D eigenvalue weighted by molar-refractivity contribution is 0.108. The van der Waals surface area contributed by atoms with Gasteiger partial charge in [-0.3, -0.25) is 4.79 Å². The summed E-state index contributed by atoms with van der Waals surface area (Å²) in [6, 6.07) is 0. The Morgan fingerprint density at radius 3 is 1.94 bits per heavy atom. The minimum absolute atomic E-state index is 1.11. The maximum atomic E-state index is 13.6. The van der Waals surface area contributed by atoms with Crippen LogP contribution in [0.3, 0.4) is 0 Å². The summed E-state index contributed by atoms with van der Waals surface area (Å²) in [4.78, 5) is 33.2. The molecule has 0 N–H and O–H groups in total. The lowest BCUT2D eigenvalue weighted by atomic mass is 10.1. The van der Waals surface area contributed by atoms with Crippen molar-refractivity contribution >= 4 is 28.5 Å². The largest absolute Gasteiger partial charge is 0.385 e. The molecule has 3 rings (SSSR count). The van der Waals surface area contributed by atoms with E-state index in [4.69, 9.17) is 0 Å². The summed E-state index contributed by atoms with van der Waals surface area (Å²) in [5, 5.41) is -4.01. The Morgan fingerprint density at radius 2 is 1.41 bits per heavy atom. The summed E-state index contributed by atoms with van der Waals surface area (Å²) in [5.74, 6) is -5.34. The average Bonchev–Trinajstić information content (AvgIpc) is 2.35. The summed E-state index contributed by atoms with van der Waals surface area (Å²) in [6.45, 7) is 0. The van der Waals surface area contributed by atoms with Crippen LogP contribution in [-0.4, -0.2) is 5.12 Å². The fraction of sp³-hybridized carbons (Fsp3) is 0. The van der Waals surface area contributed by atoms with Crippen LogP contribution in [0.1, 0.15) is 10.4 Å². The summed E-state index contributed by atoms with van der Waals surface area (Å²) in [7, 11) is 0. The van der Waals surface area contributed by atoms with Crippen molar-refractivity contribution in [3.63, 3.8) is 0 Å². The molecule has 88 valence electrons. The maximum Gasteiger partial charge on any atom is 0.352 e. The Kier molecular flexibility index (Phi) is 2.46. The second-order valence-corrected chi connectivity index (χ2v) is 3.46. The van der Waals surface area contributed by atoms with Crippen molar-refractivity contribution in [3.05, 3.63) is 43.9 Å². The maximum absolute atomic E-state index is 13.6. The minimum Gasteiger partial charge on any atom is -0.385 e. The molecule has 8 heteroatoms. The van der Waals surface area contributed by atoms with Crippen LogP contribution in [0.15, 0.2) is 14.0 Å². The average molecular weight is 262 g/mol. The molecule has 0 spiro atoms. The number of fused-ring (bicyclic) bond motifs is 4. The van der Waals surface area contributed by atoms with Crippen LogP contribution < -0.4 is 11.3 Å². The Morgan fingerprint density at radius 1 is 0.941 bits per heavy atom. The number of rotatable bonds is 1. The highest BCUT2D eigenvalue weighted by Gasteiger charge is 2.29. The van der Waals surface area contributed by atoms with Gasteiger partial charge in [0.2, 0.25) is 5.12 Å². The molecule has 17 heavy (non-hydrogen) atoms. The second kappa shape index (κ2) is 3.59. The standard InChI is InChI=1S/C9HF3O4S/c10-4-2(9(15)17)1-5(11)6(12)3(4)8(14)16-7(1)13/h(H,15,17). The van der Waals surface area contributed by atoms with Crippen LogP contribution in [0.4, 0.5) is 13.2 Å². The first-order valence-electron chi connectivity index (χ1n) is 4.06. The van der Waals surface area contributed by atoms with E-state index in [1.165, 1.54) is 0 Å². The highest BCUT2D eigenvalue weighted by atomic mass is 32.1. The van der Waals surface area contributed by atoms with Crippen molar-refractivity contribution in [2.45, 2.75) is 0 Å². The molecular formula is C9HF3O4S. The molecule has 0 unspecified atom stereocenters. The Balaban J connectivity index is 3.35. The van der Waals surface area contributed by atoms with Crippen molar-refractivity contribution in [1.29, 1.82) is 0 Å². The predicted molar refractivity (Wildman–Crippen MR) is 53.1 cm³/mol. The number of hydrogen-bond donors (Lipinski definition) is 1. The van der Waals surface area contributed by atoms with Gasteiger partial charge in [-0.25, -0.2) is 22.8 Å². The molecule has 0 aliphatic rings. The highest BCUT2D eigenvalue weighted by molar-refractivity contribution is 7.97. The van der Waals surface area contributed by atoms with Gasteiger partial charge in [0.1, 0.15) is 10.8 Å². The zero-order valence-corrected chi connectivity index (χ0v) is 8.61. The molecule has 0 saturated heterocycles. The fourth-order valence-corrected chi connectivity index (χ4v) is 1.63. The van der Waals surface area contributed by atoms with E-state index in [0.717, 1.165) is 0 Å². The zero-order chi connectivity index (χ0) is 12.9. The lowest BCUT2D eigenvalue weighted by Crippen LogP contribution is -2.08. The summed E-state index contributed by atoms with van der Waals surface area (Å²) in [6.07, 6.45) is 0. The molecule has 4 nitrogen and oxygen atoms in total. The van der Waals surface area contributed by atoms with Crippen LogP contribution in [0.2, 0.25) is 0 Å². The van der Waals surface area contributed by atoms with Crippen molar-refractivity contribution in [2.75, 3.05) is 0 Å². The first-order chi connectivity index (χ1) is 7.86. The molecule has 2 aromatic heterocycles.